The van der Waals surface area contributed by atoms with E-state index in [-0.39, 0.29) is 18.2 Å². The third kappa shape index (κ3) is 5.00. The van der Waals surface area contributed by atoms with Crippen LogP contribution in [-0.2, 0) is 15.7 Å². The maximum absolute atomic E-state index is 13.4. The zero-order valence-corrected chi connectivity index (χ0v) is 11.9. The average molecular weight is 307 g/mol. The molecule has 3 nitrogen and oxygen atoms in total. The van der Waals surface area contributed by atoms with Gasteiger partial charge in [-0.05, 0) is 44.5 Å². The maximum Gasteiger partial charge on any atom is 0.416 e. The summed E-state index contributed by atoms with van der Waals surface area (Å²) < 4.78 is 56.4. The van der Waals surface area contributed by atoms with Crippen LogP contribution in [0, 0.1) is 5.82 Å². The zero-order valence-electron chi connectivity index (χ0n) is 11.9. The van der Waals surface area contributed by atoms with Crippen molar-refractivity contribution >= 4 is 5.97 Å². The van der Waals surface area contributed by atoms with Crippen LogP contribution in [0.5, 0.6) is 0 Å². The monoisotopic (exact) mass is 307 g/mol. The number of esters is 1. The lowest BCUT2D eigenvalue weighted by Crippen LogP contribution is -2.35. The van der Waals surface area contributed by atoms with Gasteiger partial charge in [-0.2, -0.15) is 13.2 Å². The zero-order chi connectivity index (χ0) is 16.2. The molecular weight excluding hydrogens is 290 g/mol. The summed E-state index contributed by atoms with van der Waals surface area (Å²) >= 11 is 0. The molecule has 0 spiro atoms. The van der Waals surface area contributed by atoms with Crippen molar-refractivity contribution in [1.82, 2.24) is 5.32 Å². The molecule has 0 aliphatic heterocycles. The van der Waals surface area contributed by atoms with Crippen LogP contribution >= 0.6 is 0 Å². The molecule has 1 N–H and O–H groups in total. The normalized spacial score (nSPS) is 13.3. The Labute approximate surface area is 120 Å². The van der Waals surface area contributed by atoms with Gasteiger partial charge in [-0.1, -0.05) is 0 Å². The minimum atomic E-state index is -4.69. The standard InChI is InChI=1S/C14H17F4NO2/c1-4-21-13(20)12(19-8(2)3)9-5-10(14(16,17)18)7-11(15)6-9/h5-8,12,19H,4H2,1-3H3. The Morgan fingerprint density at radius 2 is 1.90 bits per heavy atom. The van der Waals surface area contributed by atoms with Crippen LogP contribution in [0.1, 0.15) is 37.9 Å². The summed E-state index contributed by atoms with van der Waals surface area (Å²) in [6.45, 7) is 5.10. The quantitative estimate of drug-likeness (QED) is 0.669. The van der Waals surface area contributed by atoms with Gasteiger partial charge in [-0.3, -0.25) is 5.32 Å². The first-order chi connectivity index (χ1) is 9.65. The molecule has 118 valence electrons. The van der Waals surface area contributed by atoms with Crippen LogP contribution in [0.25, 0.3) is 0 Å². The SMILES string of the molecule is CCOC(=O)C(NC(C)C)c1cc(F)cc(C(F)(F)F)c1. The number of halogens is 4. The van der Waals surface area contributed by atoms with E-state index in [1.54, 1.807) is 20.8 Å². The maximum atomic E-state index is 13.4. The molecule has 0 aliphatic rings. The average Bonchev–Trinajstić information content (AvgIpc) is 2.34. The van der Waals surface area contributed by atoms with E-state index >= 15 is 0 Å². The van der Waals surface area contributed by atoms with Crippen LogP contribution in [-0.4, -0.2) is 18.6 Å². The first-order valence-electron chi connectivity index (χ1n) is 6.45. The molecule has 1 aromatic carbocycles. The second-order valence-corrected chi connectivity index (χ2v) is 4.78. The molecular formula is C14H17F4NO2. The fraction of sp³-hybridized carbons (Fsp3) is 0.500. The molecule has 1 unspecified atom stereocenters. The van der Waals surface area contributed by atoms with Gasteiger partial charge in [0.05, 0.1) is 12.2 Å². The number of benzene rings is 1. The highest BCUT2D eigenvalue weighted by molar-refractivity contribution is 5.77. The lowest BCUT2D eigenvalue weighted by molar-refractivity contribution is -0.146. The van der Waals surface area contributed by atoms with Crippen molar-refractivity contribution in [3.63, 3.8) is 0 Å². The van der Waals surface area contributed by atoms with Crippen LogP contribution < -0.4 is 5.32 Å². The number of rotatable bonds is 5. The van der Waals surface area contributed by atoms with E-state index in [2.05, 4.69) is 5.32 Å². The van der Waals surface area contributed by atoms with Crippen molar-refractivity contribution < 1.29 is 27.1 Å². The van der Waals surface area contributed by atoms with Gasteiger partial charge in [-0.15, -0.1) is 0 Å². The van der Waals surface area contributed by atoms with Crippen molar-refractivity contribution in [2.45, 2.75) is 39.0 Å². The van der Waals surface area contributed by atoms with Crippen LogP contribution in [0.3, 0.4) is 0 Å². The van der Waals surface area contributed by atoms with E-state index in [9.17, 15) is 22.4 Å². The smallest absolute Gasteiger partial charge is 0.416 e. The van der Waals surface area contributed by atoms with E-state index < -0.39 is 29.6 Å². The Morgan fingerprint density at radius 1 is 1.29 bits per heavy atom. The molecule has 0 fully saturated rings. The van der Waals surface area contributed by atoms with Crippen LogP contribution in [0.15, 0.2) is 18.2 Å². The lowest BCUT2D eigenvalue weighted by Gasteiger charge is -2.21. The Bertz CT molecular complexity index is 500. The summed E-state index contributed by atoms with van der Waals surface area (Å²) in [7, 11) is 0. The number of carbonyl (C=O) groups is 1. The predicted octanol–water partition coefficient (Wildman–Crippen LogP) is 3.45. The van der Waals surface area contributed by atoms with Gasteiger partial charge < -0.3 is 4.74 Å². The highest BCUT2D eigenvalue weighted by atomic mass is 19.4. The molecule has 7 heteroatoms. The molecule has 1 aromatic rings. The van der Waals surface area contributed by atoms with Gasteiger partial charge in [0, 0.05) is 6.04 Å². The van der Waals surface area contributed by atoms with E-state index in [0.717, 1.165) is 12.1 Å². The molecule has 0 aromatic heterocycles. The largest absolute Gasteiger partial charge is 0.465 e. The molecule has 0 heterocycles. The van der Waals surface area contributed by atoms with Crippen molar-refractivity contribution in [2.75, 3.05) is 6.61 Å². The van der Waals surface area contributed by atoms with Crippen molar-refractivity contribution in [1.29, 1.82) is 0 Å². The summed E-state index contributed by atoms with van der Waals surface area (Å²) in [6.07, 6.45) is -4.69. The lowest BCUT2D eigenvalue weighted by atomic mass is 10.0. The first-order valence-corrected chi connectivity index (χ1v) is 6.45. The predicted molar refractivity (Wildman–Crippen MR) is 69.0 cm³/mol. The summed E-state index contributed by atoms with van der Waals surface area (Å²) in [6, 6.07) is 0.687. The van der Waals surface area contributed by atoms with Crippen molar-refractivity contribution in [2.24, 2.45) is 0 Å². The van der Waals surface area contributed by atoms with E-state index in [0.29, 0.717) is 6.07 Å². The molecule has 0 saturated heterocycles. The summed E-state index contributed by atoms with van der Waals surface area (Å²) in [5, 5.41) is 2.78. The molecule has 0 amide bonds. The fourth-order valence-corrected chi connectivity index (χ4v) is 1.80. The summed E-state index contributed by atoms with van der Waals surface area (Å²) in [5.74, 6) is -1.80. The highest BCUT2D eigenvalue weighted by Gasteiger charge is 2.33. The number of ether oxygens (including phenoxy) is 1. The number of alkyl halides is 3. The number of hydrogen-bond donors (Lipinski definition) is 1. The molecule has 0 saturated carbocycles. The van der Waals surface area contributed by atoms with Gasteiger partial charge in [-0.25, -0.2) is 9.18 Å². The van der Waals surface area contributed by atoms with E-state index in [1.807, 2.05) is 0 Å². The topological polar surface area (TPSA) is 38.3 Å². The number of carbonyl (C=O) groups excluding carboxylic acids is 1. The Kier molecular flexibility index (Phi) is 5.71. The highest BCUT2D eigenvalue weighted by Crippen LogP contribution is 2.32. The summed E-state index contributed by atoms with van der Waals surface area (Å²) in [5.41, 5.74) is -1.26. The third-order valence-corrected chi connectivity index (χ3v) is 2.60. The molecule has 21 heavy (non-hydrogen) atoms. The first kappa shape index (κ1) is 17.4. The number of nitrogens with one attached hydrogen (secondary N) is 1. The summed E-state index contributed by atoms with van der Waals surface area (Å²) in [4.78, 5) is 11.9. The molecule has 1 rings (SSSR count). The molecule has 0 aliphatic carbocycles. The molecule has 0 radical (unpaired) electrons. The van der Waals surface area contributed by atoms with Crippen LogP contribution in [0.2, 0.25) is 0 Å². The molecule has 1 atom stereocenters. The Balaban J connectivity index is 3.23. The third-order valence-electron chi connectivity index (χ3n) is 2.60. The fourth-order valence-electron chi connectivity index (χ4n) is 1.80. The Morgan fingerprint density at radius 3 is 2.38 bits per heavy atom. The van der Waals surface area contributed by atoms with Crippen molar-refractivity contribution in [3.8, 4) is 0 Å². The molecule has 0 bridgehead atoms. The second kappa shape index (κ2) is 6.89. The van der Waals surface area contributed by atoms with Crippen molar-refractivity contribution in [3.05, 3.63) is 35.1 Å². The van der Waals surface area contributed by atoms with Gasteiger partial charge in [0.2, 0.25) is 0 Å². The van der Waals surface area contributed by atoms with Gasteiger partial charge in [0.25, 0.3) is 0 Å². The Hall–Kier alpha value is -1.63. The van der Waals surface area contributed by atoms with Gasteiger partial charge >= 0.3 is 12.1 Å². The van der Waals surface area contributed by atoms with E-state index in [4.69, 9.17) is 4.74 Å². The second-order valence-electron chi connectivity index (χ2n) is 4.78. The van der Waals surface area contributed by atoms with E-state index in [1.165, 1.54) is 0 Å². The van der Waals surface area contributed by atoms with Crippen LogP contribution in [0.4, 0.5) is 17.6 Å². The van der Waals surface area contributed by atoms with Gasteiger partial charge in [0.1, 0.15) is 11.9 Å². The van der Waals surface area contributed by atoms with Gasteiger partial charge in [0.15, 0.2) is 0 Å². The minimum Gasteiger partial charge on any atom is -0.465 e. The number of hydrogen-bond acceptors (Lipinski definition) is 3. The minimum absolute atomic E-state index is 0.0799.